The van der Waals surface area contributed by atoms with Crippen LogP contribution in [0, 0.1) is 29.1 Å². The quantitative estimate of drug-likeness (QED) is 0.838. The molecule has 3 aliphatic carbocycles. The molecule has 5 heteroatoms. The Bertz CT molecular complexity index is 689. The van der Waals surface area contributed by atoms with Gasteiger partial charge in [-0.2, -0.15) is 0 Å². The fourth-order valence-electron chi connectivity index (χ4n) is 4.59. The molecule has 1 spiro atoms. The molecule has 2 fully saturated rings. The number of allylic oxidation sites excluding steroid dienone is 2. The highest BCUT2D eigenvalue weighted by molar-refractivity contribution is 5.96. The Morgan fingerprint density at radius 1 is 1.13 bits per heavy atom. The van der Waals surface area contributed by atoms with E-state index in [0.717, 1.165) is 12.8 Å². The van der Waals surface area contributed by atoms with Crippen LogP contribution in [-0.2, 0) is 9.59 Å². The molecule has 0 heterocycles. The third kappa shape index (κ3) is 1.99. The standard InChI is InChI=1S/C18H19NO4/c1-23-11-4-2-10(3-5-11)19-16(20)14-12-6-7-13(15(14)17(21)22)18(12)8-9-18/h2-7,12-15H,8-9H2,1H3,(H,19,20)(H,21,22). The Balaban J connectivity index is 1.57. The Hall–Kier alpha value is -2.30. The monoisotopic (exact) mass is 313 g/mol. The number of ether oxygens (including phenoxy) is 1. The fraction of sp³-hybridized carbons (Fsp3) is 0.444. The van der Waals surface area contributed by atoms with Crippen molar-refractivity contribution < 1.29 is 19.4 Å². The summed E-state index contributed by atoms with van der Waals surface area (Å²) in [4.78, 5) is 24.5. The van der Waals surface area contributed by atoms with Crippen LogP contribution in [0.15, 0.2) is 36.4 Å². The molecule has 1 aromatic carbocycles. The molecule has 2 N–H and O–H groups in total. The molecule has 0 radical (unpaired) electrons. The number of methoxy groups -OCH3 is 1. The van der Waals surface area contributed by atoms with Gasteiger partial charge in [0.15, 0.2) is 0 Å². The summed E-state index contributed by atoms with van der Waals surface area (Å²) in [5, 5.41) is 12.5. The summed E-state index contributed by atoms with van der Waals surface area (Å²) in [6.45, 7) is 0. The van der Waals surface area contributed by atoms with Gasteiger partial charge in [-0.3, -0.25) is 9.59 Å². The third-order valence-electron chi connectivity index (χ3n) is 5.79. The van der Waals surface area contributed by atoms with Crippen molar-refractivity contribution in [2.75, 3.05) is 12.4 Å². The number of aliphatic carboxylic acids is 1. The van der Waals surface area contributed by atoms with Crippen LogP contribution in [0.1, 0.15) is 12.8 Å². The van der Waals surface area contributed by atoms with Crippen LogP contribution < -0.4 is 10.1 Å². The summed E-state index contributed by atoms with van der Waals surface area (Å²) in [5.74, 6) is -1.35. The largest absolute Gasteiger partial charge is 0.497 e. The van der Waals surface area contributed by atoms with E-state index in [4.69, 9.17) is 4.74 Å². The number of carbonyl (C=O) groups excluding carboxylic acids is 1. The van der Waals surface area contributed by atoms with E-state index in [0.29, 0.717) is 11.4 Å². The predicted molar refractivity (Wildman–Crippen MR) is 84.0 cm³/mol. The van der Waals surface area contributed by atoms with E-state index >= 15 is 0 Å². The summed E-state index contributed by atoms with van der Waals surface area (Å²) >= 11 is 0. The van der Waals surface area contributed by atoms with Gasteiger partial charge in [0, 0.05) is 5.69 Å². The third-order valence-corrected chi connectivity index (χ3v) is 5.79. The van der Waals surface area contributed by atoms with Crippen LogP contribution in [0.5, 0.6) is 5.75 Å². The zero-order valence-corrected chi connectivity index (χ0v) is 12.9. The van der Waals surface area contributed by atoms with Gasteiger partial charge >= 0.3 is 5.97 Å². The minimum atomic E-state index is -0.858. The average molecular weight is 313 g/mol. The molecule has 120 valence electrons. The Kier molecular flexibility index (Phi) is 3.01. The summed E-state index contributed by atoms with van der Waals surface area (Å²) < 4.78 is 5.10. The first-order valence-corrected chi connectivity index (χ1v) is 7.93. The van der Waals surface area contributed by atoms with Crippen LogP contribution in [0.2, 0.25) is 0 Å². The van der Waals surface area contributed by atoms with Gasteiger partial charge in [0.25, 0.3) is 0 Å². The smallest absolute Gasteiger partial charge is 0.307 e. The lowest BCUT2D eigenvalue weighted by Crippen LogP contribution is -2.36. The molecule has 0 aromatic heterocycles. The van der Waals surface area contributed by atoms with Gasteiger partial charge in [-0.1, -0.05) is 12.2 Å². The summed E-state index contributed by atoms with van der Waals surface area (Å²) in [7, 11) is 1.59. The number of amides is 1. The Morgan fingerprint density at radius 2 is 1.74 bits per heavy atom. The molecule has 3 aliphatic rings. The molecule has 4 atom stereocenters. The number of carboxylic acids is 1. The maximum atomic E-state index is 12.7. The molecule has 0 saturated heterocycles. The first-order chi connectivity index (χ1) is 11.1. The summed E-state index contributed by atoms with van der Waals surface area (Å²) in [6, 6.07) is 7.08. The molecule has 5 nitrogen and oxygen atoms in total. The second kappa shape index (κ2) is 4.85. The van der Waals surface area contributed by atoms with Crippen LogP contribution in [0.3, 0.4) is 0 Å². The zero-order valence-electron chi connectivity index (χ0n) is 12.9. The predicted octanol–water partition coefficient (Wildman–Crippen LogP) is 2.55. The average Bonchev–Trinajstić information content (AvgIpc) is 3.21. The van der Waals surface area contributed by atoms with Crippen LogP contribution in [0.4, 0.5) is 5.69 Å². The SMILES string of the molecule is COc1ccc(NC(=O)C2C(C(=O)O)C3C=CC2C32CC2)cc1. The Morgan fingerprint density at radius 3 is 2.26 bits per heavy atom. The van der Waals surface area contributed by atoms with Crippen molar-refractivity contribution in [2.24, 2.45) is 29.1 Å². The molecular formula is C18H19NO4. The molecule has 1 aromatic rings. The number of carboxylic acid groups (broad SMARTS) is 1. The molecule has 1 amide bonds. The molecular weight excluding hydrogens is 294 g/mol. The van der Waals surface area contributed by atoms with Crippen molar-refractivity contribution in [3.63, 3.8) is 0 Å². The van der Waals surface area contributed by atoms with Crippen LogP contribution in [0.25, 0.3) is 0 Å². The van der Waals surface area contributed by atoms with Crippen LogP contribution >= 0.6 is 0 Å². The van der Waals surface area contributed by atoms with Gasteiger partial charge in [0.1, 0.15) is 5.75 Å². The minimum absolute atomic E-state index is 0.0108. The highest BCUT2D eigenvalue weighted by Gasteiger charge is 2.70. The number of benzene rings is 1. The van der Waals surface area contributed by atoms with Gasteiger partial charge in [0.05, 0.1) is 18.9 Å². The van der Waals surface area contributed by atoms with Crippen molar-refractivity contribution in [2.45, 2.75) is 12.8 Å². The van der Waals surface area contributed by atoms with E-state index in [9.17, 15) is 14.7 Å². The highest BCUT2D eigenvalue weighted by atomic mass is 16.5. The maximum absolute atomic E-state index is 12.7. The Labute approximate surface area is 134 Å². The van der Waals surface area contributed by atoms with Gasteiger partial charge < -0.3 is 15.2 Å². The number of carbonyl (C=O) groups is 2. The molecule has 2 bridgehead atoms. The molecule has 23 heavy (non-hydrogen) atoms. The van der Waals surface area contributed by atoms with E-state index in [1.54, 1.807) is 31.4 Å². The van der Waals surface area contributed by atoms with Crippen molar-refractivity contribution in [1.82, 2.24) is 0 Å². The first kappa shape index (κ1) is 14.3. The van der Waals surface area contributed by atoms with Crippen LogP contribution in [-0.4, -0.2) is 24.1 Å². The van der Waals surface area contributed by atoms with Crippen molar-refractivity contribution >= 4 is 17.6 Å². The number of hydrogen-bond acceptors (Lipinski definition) is 3. The van der Waals surface area contributed by atoms with E-state index in [-0.39, 0.29) is 23.2 Å². The molecule has 4 rings (SSSR count). The highest BCUT2D eigenvalue weighted by Crippen LogP contribution is 2.72. The second-order valence-corrected chi connectivity index (χ2v) is 6.78. The number of rotatable bonds is 4. The van der Waals surface area contributed by atoms with Crippen molar-refractivity contribution in [3.8, 4) is 5.75 Å². The van der Waals surface area contributed by atoms with E-state index in [2.05, 4.69) is 11.4 Å². The zero-order chi connectivity index (χ0) is 16.2. The summed E-state index contributed by atoms with van der Waals surface area (Å²) in [6.07, 6.45) is 6.15. The fourth-order valence-corrected chi connectivity index (χ4v) is 4.59. The lowest BCUT2D eigenvalue weighted by molar-refractivity contribution is -0.146. The summed E-state index contributed by atoms with van der Waals surface area (Å²) in [5.41, 5.74) is 0.710. The van der Waals surface area contributed by atoms with E-state index in [1.807, 2.05) is 6.08 Å². The first-order valence-electron chi connectivity index (χ1n) is 7.93. The van der Waals surface area contributed by atoms with Gasteiger partial charge in [-0.15, -0.1) is 0 Å². The molecule has 2 saturated carbocycles. The van der Waals surface area contributed by atoms with Crippen molar-refractivity contribution in [1.29, 1.82) is 0 Å². The topological polar surface area (TPSA) is 75.6 Å². The number of nitrogens with one attached hydrogen (secondary N) is 1. The van der Waals surface area contributed by atoms with Crippen molar-refractivity contribution in [3.05, 3.63) is 36.4 Å². The molecule has 4 unspecified atom stereocenters. The van der Waals surface area contributed by atoms with Gasteiger partial charge in [0.2, 0.25) is 5.91 Å². The minimum Gasteiger partial charge on any atom is -0.497 e. The number of anilines is 1. The van der Waals surface area contributed by atoms with E-state index < -0.39 is 17.8 Å². The lowest BCUT2D eigenvalue weighted by atomic mass is 9.82. The number of hydrogen-bond donors (Lipinski definition) is 2. The van der Waals surface area contributed by atoms with Gasteiger partial charge in [-0.25, -0.2) is 0 Å². The van der Waals surface area contributed by atoms with E-state index in [1.165, 1.54) is 0 Å². The molecule has 0 aliphatic heterocycles. The second-order valence-electron chi connectivity index (χ2n) is 6.78. The maximum Gasteiger partial charge on any atom is 0.307 e. The van der Waals surface area contributed by atoms with Gasteiger partial charge in [-0.05, 0) is 54.4 Å². The lowest BCUT2D eigenvalue weighted by Gasteiger charge is -2.23. The normalized spacial score (nSPS) is 32.0.